The molecule has 37 heavy (non-hydrogen) atoms. The Hall–Kier alpha value is -3.34. The maximum absolute atomic E-state index is 12.5. The molecule has 4 rings (SSSR count). The number of likely N-dealkylation sites (tertiary alicyclic amines) is 1. The molecule has 1 fully saturated rings. The number of aromatic nitrogens is 5. The number of carbonyl (C=O) groups is 1. The molecule has 0 aliphatic carbocycles. The first-order valence-electron chi connectivity index (χ1n) is 13.0. The van der Waals surface area contributed by atoms with Crippen LogP contribution in [0.3, 0.4) is 0 Å². The maximum Gasteiger partial charge on any atom is 0.410 e. The Bertz CT molecular complexity index is 1220. The molecule has 11 heteroatoms. The van der Waals surface area contributed by atoms with Gasteiger partial charge in [-0.05, 0) is 59.9 Å². The van der Waals surface area contributed by atoms with Crippen molar-refractivity contribution in [3.05, 3.63) is 24.7 Å². The molecule has 1 aliphatic heterocycles. The molecular formula is C26H39N7O4. The van der Waals surface area contributed by atoms with E-state index in [0.717, 1.165) is 17.5 Å². The van der Waals surface area contributed by atoms with Gasteiger partial charge in [-0.2, -0.15) is 10.1 Å². The van der Waals surface area contributed by atoms with E-state index >= 15 is 0 Å². The van der Waals surface area contributed by atoms with Gasteiger partial charge in [-0.25, -0.2) is 14.0 Å². The Morgan fingerprint density at radius 3 is 2.73 bits per heavy atom. The second-order valence-electron chi connectivity index (χ2n) is 10.4. The summed E-state index contributed by atoms with van der Waals surface area (Å²) in [6.45, 7) is 16.0. The van der Waals surface area contributed by atoms with Crippen LogP contribution < -0.4 is 10.1 Å². The van der Waals surface area contributed by atoms with Gasteiger partial charge in [0.05, 0.1) is 12.8 Å². The fourth-order valence-corrected chi connectivity index (χ4v) is 4.51. The van der Waals surface area contributed by atoms with Gasteiger partial charge in [0.2, 0.25) is 5.95 Å². The van der Waals surface area contributed by atoms with Crippen molar-refractivity contribution in [2.24, 2.45) is 5.92 Å². The molecule has 1 aliphatic rings. The minimum Gasteiger partial charge on any atom is -0.489 e. The number of amides is 1. The van der Waals surface area contributed by atoms with Gasteiger partial charge >= 0.3 is 6.09 Å². The molecule has 0 saturated carbocycles. The minimum atomic E-state index is -0.507. The summed E-state index contributed by atoms with van der Waals surface area (Å²) >= 11 is 0. The molecule has 4 heterocycles. The quantitative estimate of drug-likeness (QED) is 0.465. The highest BCUT2D eigenvalue weighted by Gasteiger charge is 2.32. The molecule has 11 nitrogen and oxygen atoms in total. The van der Waals surface area contributed by atoms with Crippen molar-refractivity contribution in [1.82, 2.24) is 29.3 Å². The number of hydrogen-bond donors (Lipinski definition) is 1. The summed E-state index contributed by atoms with van der Waals surface area (Å²) in [6.07, 6.45) is 5.98. The summed E-state index contributed by atoms with van der Waals surface area (Å²) in [5.41, 5.74) is 1.93. The van der Waals surface area contributed by atoms with E-state index in [4.69, 9.17) is 19.2 Å². The largest absolute Gasteiger partial charge is 0.489 e. The number of pyridine rings is 1. The van der Waals surface area contributed by atoms with Crippen LogP contribution in [0, 0.1) is 5.92 Å². The number of ether oxygens (including phenoxy) is 3. The van der Waals surface area contributed by atoms with Crippen molar-refractivity contribution in [1.29, 1.82) is 0 Å². The predicted octanol–water partition coefficient (Wildman–Crippen LogP) is 4.60. The zero-order valence-corrected chi connectivity index (χ0v) is 22.9. The van der Waals surface area contributed by atoms with Crippen molar-refractivity contribution < 1.29 is 19.0 Å². The lowest BCUT2D eigenvalue weighted by molar-refractivity contribution is 0.0158. The lowest BCUT2D eigenvalue weighted by Gasteiger charge is -2.37. The highest BCUT2D eigenvalue weighted by molar-refractivity contribution is 5.77. The summed E-state index contributed by atoms with van der Waals surface area (Å²) in [6, 6.07) is 2.09. The second-order valence-corrected chi connectivity index (χ2v) is 10.4. The fraction of sp³-hybridized carbons (Fsp3) is 0.615. The number of carbonyl (C=O) groups excluding carboxylic acids is 1. The Kier molecular flexibility index (Phi) is 7.91. The molecule has 3 atom stereocenters. The summed E-state index contributed by atoms with van der Waals surface area (Å²) < 4.78 is 20.8. The average molecular weight is 514 g/mol. The van der Waals surface area contributed by atoms with Gasteiger partial charge < -0.3 is 24.4 Å². The number of anilines is 1. The van der Waals surface area contributed by atoms with E-state index in [-0.39, 0.29) is 24.3 Å². The fourth-order valence-electron chi connectivity index (χ4n) is 4.51. The number of fused-ring (bicyclic) bond motifs is 1. The second kappa shape index (κ2) is 11.0. The van der Waals surface area contributed by atoms with E-state index in [1.165, 1.54) is 0 Å². The van der Waals surface area contributed by atoms with Crippen molar-refractivity contribution in [2.75, 3.05) is 31.6 Å². The van der Waals surface area contributed by atoms with Crippen LogP contribution in [0.5, 0.6) is 5.75 Å². The van der Waals surface area contributed by atoms with Crippen LogP contribution in [0.1, 0.15) is 61.1 Å². The minimum absolute atomic E-state index is 0.129. The number of hydrogen-bond acceptors (Lipinski definition) is 8. The van der Waals surface area contributed by atoms with Crippen LogP contribution in [0.15, 0.2) is 24.7 Å². The molecule has 3 aromatic rings. The van der Waals surface area contributed by atoms with Crippen LogP contribution in [0.4, 0.5) is 10.7 Å². The van der Waals surface area contributed by atoms with Crippen LogP contribution in [0.2, 0.25) is 0 Å². The Balaban J connectivity index is 1.52. The number of piperidine rings is 1. The first-order chi connectivity index (χ1) is 17.6. The standard InChI is InChI=1S/C26H39N7O4/c1-8-35-18(4)33-16-19(14-27-33)20-10-13-32-23(22(20)36-9-2)29-24(30-32)28-21-11-12-31(15-17(21)3)25(34)37-26(5,6)7/h10,13-14,16-18,21H,8-9,11-12,15H2,1-7H3,(H,28,30). The zero-order valence-electron chi connectivity index (χ0n) is 22.9. The Labute approximate surface area is 218 Å². The van der Waals surface area contributed by atoms with Crippen LogP contribution in [0.25, 0.3) is 16.8 Å². The van der Waals surface area contributed by atoms with E-state index in [1.54, 1.807) is 20.3 Å². The summed E-state index contributed by atoms with van der Waals surface area (Å²) in [5.74, 6) is 1.39. The van der Waals surface area contributed by atoms with Crippen LogP contribution >= 0.6 is 0 Å². The number of rotatable bonds is 8. The first kappa shape index (κ1) is 26.7. The van der Waals surface area contributed by atoms with Gasteiger partial charge in [0.25, 0.3) is 0 Å². The molecule has 0 radical (unpaired) electrons. The van der Waals surface area contributed by atoms with Gasteiger partial charge in [0, 0.05) is 49.3 Å². The van der Waals surface area contributed by atoms with Crippen molar-refractivity contribution in [3.8, 4) is 16.9 Å². The van der Waals surface area contributed by atoms with Crippen molar-refractivity contribution in [3.63, 3.8) is 0 Å². The molecule has 0 aromatic carbocycles. The molecule has 0 bridgehead atoms. The lowest BCUT2D eigenvalue weighted by Crippen LogP contribution is -2.49. The smallest absolute Gasteiger partial charge is 0.410 e. The first-order valence-corrected chi connectivity index (χ1v) is 13.0. The third kappa shape index (κ3) is 6.15. The van der Waals surface area contributed by atoms with E-state index in [2.05, 4.69) is 22.4 Å². The highest BCUT2D eigenvalue weighted by Crippen LogP contribution is 2.34. The molecular weight excluding hydrogens is 474 g/mol. The van der Waals surface area contributed by atoms with E-state index in [1.807, 2.05) is 60.0 Å². The van der Waals surface area contributed by atoms with Gasteiger partial charge in [-0.1, -0.05) is 6.92 Å². The number of nitrogens with one attached hydrogen (secondary N) is 1. The third-order valence-corrected chi connectivity index (χ3v) is 6.31. The maximum atomic E-state index is 12.5. The normalized spacial score (nSPS) is 19.2. The summed E-state index contributed by atoms with van der Waals surface area (Å²) in [4.78, 5) is 19.0. The molecule has 1 amide bonds. The van der Waals surface area contributed by atoms with E-state index < -0.39 is 5.60 Å². The molecule has 1 N–H and O–H groups in total. The lowest BCUT2D eigenvalue weighted by atomic mass is 9.94. The van der Waals surface area contributed by atoms with E-state index in [0.29, 0.717) is 43.6 Å². The third-order valence-electron chi connectivity index (χ3n) is 6.31. The summed E-state index contributed by atoms with van der Waals surface area (Å²) in [7, 11) is 0. The van der Waals surface area contributed by atoms with Crippen molar-refractivity contribution >= 4 is 17.7 Å². The van der Waals surface area contributed by atoms with Gasteiger partial charge in [-0.3, -0.25) is 0 Å². The van der Waals surface area contributed by atoms with E-state index in [9.17, 15) is 4.79 Å². The predicted molar refractivity (Wildman–Crippen MR) is 141 cm³/mol. The summed E-state index contributed by atoms with van der Waals surface area (Å²) in [5, 5.41) is 12.6. The molecule has 202 valence electrons. The van der Waals surface area contributed by atoms with Crippen LogP contribution in [-0.4, -0.2) is 73.3 Å². The van der Waals surface area contributed by atoms with Crippen LogP contribution in [-0.2, 0) is 9.47 Å². The van der Waals surface area contributed by atoms with Gasteiger partial charge in [-0.15, -0.1) is 5.10 Å². The molecule has 0 spiro atoms. The Morgan fingerprint density at radius 2 is 2.05 bits per heavy atom. The monoisotopic (exact) mass is 513 g/mol. The highest BCUT2D eigenvalue weighted by atomic mass is 16.6. The molecule has 3 aromatic heterocycles. The topological polar surface area (TPSA) is 108 Å². The zero-order chi connectivity index (χ0) is 26.7. The molecule has 1 saturated heterocycles. The molecule has 3 unspecified atom stereocenters. The van der Waals surface area contributed by atoms with Gasteiger partial charge in [0.15, 0.2) is 11.4 Å². The van der Waals surface area contributed by atoms with Crippen molar-refractivity contribution in [2.45, 2.75) is 72.8 Å². The Morgan fingerprint density at radius 1 is 1.27 bits per heavy atom. The SMILES string of the molecule is CCOc1c(-c2cnn(C(C)OCC)c2)ccn2nc(NC3CCN(C(=O)OC(C)(C)C)CC3C)nc12. The number of nitrogens with zero attached hydrogens (tertiary/aromatic N) is 6. The average Bonchev–Trinajstić information content (AvgIpc) is 3.47. The van der Waals surface area contributed by atoms with Gasteiger partial charge in [0.1, 0.15) is 11.8 Å².